The normalized spacial score (nSPS) is 11.2. The molecule has 0 radical (unpaired) electrons. The molecule has 2 heterocycles. The van der Waals surface area contributed by atoms with Crippen LogP contribution in [0.4, 0.5) is 11.5 Å². The number of para-hydroxylation sites is 1. The summed E-state index contributed by atoms with van der Waals surface area (Å²) in [5.74, 6) is 1.61. The fourth-order valence-corrected chi connectivity index (χ4v) is 3.75. The van der Waals surface area contributed by atoms with Crippen molar-refractivity contribution in [2.45, 2.75) is 34.1 Å². The third-order valence-electron chi connectivity index (χ3n) is 5.01. The smallest absolute Gasteiger partial charge is 0.236 e. The molecule has 0 bridgehead atoms. The number of hydrogen-bond donors (Lipinski definition) is 1. The summed E-state index contributed by atoms with van der Waals surface area (Å²) < 4.78 is 2.09. The van der Waals surface area contributed by atoms with Gasteiger partial charge >= 0.3 is 0 Å². The lowest BCUT2D eigenvalue weighted by Gasteiger charge is -2.16. The van der Waals surface area contributed by atoms with Gasteiger partial charge in [0.2, 0.25) is 5.78 Å². The van der Waals surface area contributed by atoms with Crippen LogP contribution in [0, 0.1) is 20.8 Å². The zero-order valence-electron chi connectivity index (χ0n) is 16.5. The molecule has 0 saturated heterocycles. The van der Waals surface area contributed by atoms with Crippen LogP contribution in [0.15, 0.2) is 48.5 Å². The lowest BCUT2D eigenvalue weighted by molar-refractivity contribution is 1.01. The number of hydrogen-bond acceptors (Lipinski definition) is 3. The van der Waals surface area contributed by atoms with E-state index in [1.165, 1.54) is 11.1 Å². The third-order valence-corrected chi connectivity index (χ3v) is 5.26. The van der Waals surface area contributed by atoms with Crippen LogP contribution < -0.4 is 5.32 Å². The first kappa shape index (κ1) is 18.5. The predicted octanol–water partition coefficient (Wildman–Crippen LogP) is 6.28. The molecule has 0 atom stereocenters. The molecule has 0 saturated carbocycles. The van der Waals surface area contributed by atoms with Crippen molar-refractivity contribution in [2.24, 2.45) is 0 Å². The second-order valence-corrected chi connectivity index (χ2v) is 7.51. The SMILES string of the molecule is CCc1cccc(C)c1Nc1c(-c2ccc(Cl)cc2)nc2nc(C)cc(C)n12. The first-order valence-electron chi connectivity index (χ1n) is 9.46. The van der Waals surface area contributed by atoms with Gasteiger partial charge in [0.15, 0.2) is 0 Å². The topological polar surface area (TPSA) is 42.2 Å². The summed E-state index contributed by atoms with van der Waals surface area (Å²) >= 11 is 6.10. The van der Waals surface area contributed by atoms with Gasteiger partial charge in [-0.3, -0.25) is 4.40 Å². The molecule has 4 rings (SSSR count). The predicted molar refractivity (Wildman–Crippen MR) is 117 cm³/mol. The van der Waals surface area contributed by atoms with Crippen molar-refractivity contribution in [2.75, 3.05) is 5.32 Å². The molecule has 1 N–H and O–H groups in total. The molecule has 142 valence electrons. The molecule has 2 aromatic heterocycles. The zero-order chi connectivity index (χ0) is 19.8. The van der Waals surface area contributed by atoms with E-state index in [0.717, 1.165) is 40.6 Å². The number of aryl methyl sites for hydroxylation is 4. The molecule has 2 aromatic carbocycles. The second-order valence-electron chi connectivity index (χ2n) is 7.08. The van der Waals surface area contributed by atoms with E-state index < -0.39 is 0 Å². The average molecular weight is 391 g/mol. The Bertz CT molecular complexity index is 1160. The van der Waals surface area contributed by atoms with Crippen molar-refractivity contribution in [3.63, 3.8) is 0 Å². The molecule has 28 heavy (non-hydrogen) atoms. The van der Waals surface area contributed by atoms with Gasteiger partial charge in [0.25, 0.3) is 0 Å². The van der Waals surface area contributed by atoms with Crippen molar-refractivity contribution in [1.82, 2.24) is 14.4 Å². The number of rotatable bonds is 4. The molecule has 0 amide bonds. The monoisotopic (exact) mass is 390 g/mol. The van der Waals surface area contributed by atoms with Crippen LogP contribution in [0.1, 0.15) is 29.4 Å². The van der Waals surface area contributed by atoms with Gasteiger partial charge in [-0.25, -0.2) is 9.97 Å². The summed E-state index contributed by atoms with van der Waals surface area (Å²) in [5.41, 5.74) is 7.51. The molecule has 0 aliphatic carbocycles. The van der Waals surface area contributed by atoms with E-state index in [1.54, 1.807) is 0 Å². The molecule has 4 aromatic rings. The van der Waals surface area contributed by atoms with E-state index in [-0.39, 0.29) is 0 Å². The van der Waals surface area contributed by atoms with Crippen LogP contribution in [-0.4, -0.2) is 14.4 Å². The maximum absolute atomic E-state index is 6.10. The standard InChI is InChI=1S/C23H23ClN4/c1-5-17-8-6-7-14(2)20(17)26-22-21(18-9-11-19(24)12-10-18)27-23-25-15(3)13-16(4)28(22)23/h6-13,26H,5H2,1-4H3. The number of halogens is 1. The van der Waals surface area contributed by atoms with Crippen LogP contribution in [0.25, 0.3) is 17.0 Å². The maximum atomic E-state index is 6.10. The summed E-state index contributed by atoms with van der Waals surface area (Å²) in [6.07, 6.45) is 0.952. The minimum atomic E-state index is 0.691. The van der Waals surface area contributed by atoms with Crippen LogP contribution >= 0.6 is 11.6 Å². The van der Waals surface area contributed by atoms with Gasteiger partial charge in [-0.05, 0) is 56.5 Å². The third kappa shape index (κ3) is 3.25. The van der Waals surface area contributed by atoms with Crippen molar-refractivity contribution in [3.8, 4) is 11.3 Å². The molecule has 0 aliphatic rings. The summed E-state index contributed by atoms with van der Waals surface area (Å²) in [6, 6.07) is 16.2. The highest BCUT2D eigenvalue weighted by Gasteiger charge is 2.18. The molecule has 5 heteroatoms. The molecular weight excluding hydrogens is 368 g/mol. The van der Waals surface area contributed by atoms with Gasteiger partial charge in [-0.1, -0.05) is 48.9 Å². The largest absolute Gasteiger partial charge is 0.339 e. The molecule has 4 nitrogen and oxygen atoms in total. The minimum Gasteiger partial charge on any atom is -0.339 e. The molecule has 0 spiro atoms. The Morgan fingerprint density at radius 3 is 2.46 bits per heavy atom. The molecule has 0 unspecified atom stereocenters. The van der Waals surface area contributed by atoms with Crippen molar-refractivity contribution in [1.29, 1.82) is 0 Å². The number of imidazole rings is 1. The maximum Gasteiger partial charge on any atom is 0.236 e. The molecule has 0 aliphatic heterocycles. The zero-order valence-corrected chi connectivity index (χ0v) is 17.3. The first-order valence-corrected chi connectivity index (χ1v) is 9.84. The second kappa shape index (κ2) is 7.28. The first-order chi connectivity index (χ1) is 13.5. The molecular formula is C23H23ClN4. The summed E-state index contributed by atoms with van der Waals surface area (Å²) in [7, 11) is 0. The number of nitrogens with zero attached hydrogens (tertiary/aromatic N) is 3. The van der Waals surface area contributed by atoms with Crippen LogP contribution in [0.2, 0.25) is 5.02 Å². The van der Waals surface area contributed by atoms with Gasteiger partial charge in [-0.2, -0.15) is 0 Å². The van der Waals surface area contributed by atoms with Gasteiger partial charge < -0.3 is 5.32 Å². The van der Waals surface area contributed by atoms with E-state index in [1.807, 2.05) is 31.2 Å². The Labute approximate surface area is 170 Å². The van der Waals surface area contributed by atoms with Gasteiger partial charge in [0.1, 0.15) is 11.5 Å². The van der Waals surface area contributed by atoms with Gasteiger partial charge in [0, 0.05) is 27.7 Å². The average Bonchev–Trinajstić information content (AvgIpc) is 3.02. The lowest BCUT2D eigenvalue weighted by atomic mass is 10.1. The highest BCUT2D eigenvalue weighted by Crippen LogP contribution is 2.34. The van der Waals surface area contributed by atoms with Gasteiger partial charge in [0.05, 0.1) is 0 Å². The fourth-order valence-electron chi connectivity index (χ4n) is 3.62. The van der Waals surface area contributed by atoms with Crippen molar-refractivity contribution in [3.05, 3.63) is 76.1 Å². The van der Waals surface area contributed by atoms with E-state index in [0.29, 0.717) is 10.8 Å². The van der Waals surface area contributed by atoms with Gasteiger partial charge in [-0.15, -0.1) is 0 Å². The van der Waals surface area contributed by atoms with E-state index in [2.05, 4.69) is 59.7 Å². The quantitative estimate of drug-likeness (QED) is 0.445. The Morgan fingerprint density at radius 1 is 1.00 bits per heavy atom. The van der Waals surface area contributed by atoms with Crippen LogP contribution in [-0.2, 0) is 6.42 Å². The van der Waals surface area contributed by atoms with E-state index in [9.17, 15) is 0 Å². The summed E-state index contributed by atoms with van der Waals surface area (Å²) in [4.78, 5) is 9.52. The number of nitrogens with one attached hydrogen (secondary N) is 1. The highest BCUT2D eigenvalue weighted by molar-refractivity contribution is 6.30. The van der Waals surface area contributed by atoms with Crippen LogP contribution in [0.3, 0.4) is 0 Å². The Hall–Kier alpha value is -2.85. The fraction of sp³-hybridized carbons (Fsp3) is 0.217. The summed E-state index contributed by atoms with van der Waals surface area (Å²) in [5, 5.41) is 4.39. The Kier molecular flexibility index (Phi) is 4.82. The van der Waals surface area contributed by atoms with Crippen molar-refractivity contribution < 1.29 is 0 Å². The number of benzene rings is 2. The lowest BCUT2D eigenvalue weighted by Crippen LogP contribution is -2.04. The van der Waals surface area contributed by atoms with E-state index in [4.69, 9.17) is 16.6 Å². The number of anilines is 2. The van der Waals surface area contributed by atoms with Crippen molar-refractivity contribution >= 4 is 28.9 Å². The Balaban J connectivity index is 1.98. The Morgan fingerprint density at radius 2 is 1.75 bits per heavy atom. The van der Waals surface area contributed by atoms with E-state index >= 15 is 0 Å². The minimum absolute atomic E-state index is 0.691. The number of aromatic nitrogens is 3. The number of fused-ring (bicyclic) bond motifs is 1. The summed E-state index contributed by atoms with van der Waals surface area (Å²) in [6.45, 7) is 8.37. The molecule has 0 fully saturated rings. The highest BCUT2D eigenvalue weighted by atomic mass is 35.5. The van der Waals surface area contributed by atoms with Crippen LogP contribution in [0.5, 0.6) is 0 Å².